The maximum atomic E-state index is 14.3. The highest BCUT2D eigenvalue weighted by atomic mass is 19.1. The van der Waals surface area contributed by atoms with Gasteiger partial charge in [-0.05, 0) is 57.2 Å². The van der Waals surface area contributed by atoms with Gasteiger partial charge in [0.1, 0.15) is 11.4 Å². The monoisotopic (exact) mass is 391 g/mol. The van der Waals surface area contributed by atoms with Crippen LogP contribution in [0.4, 0.5) is 19.7 Å². The van der Waals surface area contributed by atoms with E-state index in [1.807, 2.05) is 20.8 Å². The molecule has 2 aliphatic heterocycles. The van der Waals surface area contributed by atoms with Gasteiger partial charge in [0.25, 0.3) is 0 Å². The number of anilines is 1. The summed E-state index contributed by atoms with van der Waals surface area (Å²) in [6, 6.07) is 4.15. The molecule has 1 aromatic rings. The number of nitrogens with one attached hydrogen (secondary N) is 1. The molecule has 1 aromatic carbocycles. The summed E-state index contributed by atoms with van der Waals surface area (Å²) in [5, 5.41) is 2.21. The van der Waals surface area contributed by atoms with Crippen LogP contribution in [-0.2, 0) is 9.53 Å². The first-order chi connectivity index (χ1) is 13.1. The molecule has 0 atom stereocenters. The van der Waals surface area contributed by atoms with E-state index in [9.17, 15) is 18.8 Å². The quantitative estimate of drug-likeness (QED) is 0.838. The van der Waals surface area contributed by atoms with Gasteiger partial charge in [-0.2, -0.15) is 0 Å². The Labute approximate surface area is 163 Å². The van der Waals surface area contributed by atoms with Crippen LogP contribution in [0.5, 0.6) is 0 Å². The third kappa shape index (κ3) is 4.61. The second-order valence-corrected chi connectivity index (χ2v) is 8.21. The number of hydrogen-bond acceptors (Lipinski definition) is 4. The lowest BCUT2D eigenvalue weighted by atomic mass is 9.89. The normalized spacial score (nSPS) is 18.9. The molecule has 2 saturated heterocycles. The molecule has 152 valence electrons. The van der Waals surface area contributed by atoms with E-state index < -0.39 is 17.4 Å². The molecule has 2 heterocycles. The molecule has 4 amide bonds. The highest BCUT2D eigenvalue weighted by molar-refractivity contribution is 6.05. The van der Waals surface area contributed by atoms with Crippen molar-refractivity contribution in [2.24, 2.45) is 0 Å². The first-order valence-electron chi connectivity index (χ1n) is 9.53. The number of rotatable bonds is 2. The Morgan fingerprint density at radius 1 is 1.18 bits per heavy atom. The molecule has 1 N–H and O–H groups in total. The Kier molecular flexibility index (Phi) is 5.58. The van der Waals surface area contributed by atoms with Crippen molar-refractivity contribution in [3.8, 4) is 0 Å². The number of hydrogen-bond donors (Lipinski definition) is 1. The smallest absolute Gasteiger partial charge is 0.410 e. The highest BCUT2D eigenvalue weighted by Crippen LogP contribution is 2.32. The SMILES string of the molecule is CC(C)(C)OC(=O)N1CCC(c2ccc(F)c(N3CCC(=O)NC3=O)c2)CC1. The number of piperidine rings is 1. The second kappa shape index (κ2) is 7.77. The lowest BCUT2D eigenvalue weighted by Crippen LogP contribution is -2.50. The summed E-state index contributed by atoms with van der Waals surface area (Å²) in [7, 11) is 0. The van der Waals surface area contributed by atoms with Crippen LogP contribution in [-0.4, -0.2) is 48.2 Å². The fraction of sp³-hybridized carbons (Fsp3) is 0.550. The van der Waals surface area contributed by atoms with Crippen LogP contribution in [0, 0.1) is 5.82 Å². The number of amides is 4. The van der Waals surface area contributed by atoms with Gasteiger partial charge < -0.3 is 9.64 Å². The predicted octanol–water partition coefficient (Wildman–Crippen LogP) is 3.39. The fourth-order valence-corrected chi connectivity index (χ4v) is 3.51. The molecule has 8 heteroatoms. The number of urea groups is 1. The van der Waals surface area contributed by atoms with Crippen molar-refractivity contribution in [1.29, 1.82) is 0 Å². The Morgan fingerprint density at radius 2 is 1.86 bits per heavy atom. The zero-order valence-electron chi connectivity index (χ0n) is 16.5. The summed E-state index contributed by atoms with van der Waals surface area (Å²) in [6.45, 7) is 6.78. The summed E-state index contributed by atoms with van der Waals surface area (Å²) < 4.78 is 19.8. The molecule has 28 heavy (non-hydrogen) atoms. The van der Waals surface area contributed by atoms with Gasteiger partial charge in [0.2, 0.25) is 5.91 Å². The van der Waals surface area contributed by atoms with E-state index in [-0.39, 0.29) is 36.6 Å². The average Bonchev–Trinajstić information content (AvgIpc) is 2.61. The number of nitrogens with zero attached hydrogens (tertiary/aromatic N) is 2. The number of carbonyl (C=O) groups excluding carboxylic acids is 3. The molecule has 2 fully saturated rings. The van der Waals surface area contributed by atoms with Gasteiger partial charge >= 0.3 is 12.1 Å². The van der Waals surface area contributed by atoms with Crippen molar-refractivity contribution in [2.75, 3.05) is 24.5 Å². The van der Waals surface area contributed by atoms with Crippen molar-refractivity contribution in [2.45, 2.75) is 51.6 Å². The summed E-state index contributed by atoms with van der Waals surface area (Å²) in [5.74, 6) is -0.695. The second-order valence-electron chi connectivity index (χ2n) is 8.21. The maximum Gasteiger partial charge on any atom is 0.410 e. The van der Waals surface area contributed by atoms with Gasteiger partial charge in [-0.25, -0.2) is 14.0 Å². The third-order valence-electron chi connectivity index (χ3n) is 4.93. The van der Waals surface area contributed by atoms with Gasteiger partial charge in [-0.1, -0.05) is 6.07 Å². The first-order valence-corrected chi connectivity index (χ1v) is 9.53. The Morgan fingerprint density at radius 3 is 2.46 bits per heavy atom. The largest absolute Gasteiger partial charge is 0.444 e. The first kappa shape index (κ1) is 20.1. The van der Waals surface area contributed by atoms with Crippen LogP contribution in [0.3, 0.4) is 0 Å². The number of imide groups is 1. The lowest BCUT2D eigenvalue weighted by Gasteiger charge is -2.34. The third-order valence-corrected chi connectivity index (χ3v) is 4.93. The van der Waals surface area contributed by atoms with Crippen LogP contribution in [0.15, 0.2) is 18.2 Å². The minimum absolute atomic E-state index is 0.143. The van der Waals surface area contributed by atoms with Crippen LogP contribution in [0.25, 0.3) is 0 Å². The van der Waals surface area contributed by atoms with Crippen molar-refractivity contribution in [1.82, 2.24) is 10.2 Å². The van der Waals surface area contributed by atoms with Crippen molar-refractivity contribution in [3.05, 3.63) is 29.6 Å². The van der Waals surface area contributed by atoms with E-state index in [1.165, 1.54) is 11.0 Å². The molecule has 2 aliphatic rings. The lowest BCUT2D eigenvalue weighted by molar-refractivity contribution is -0.120. The molecule has 0 radical (unpaired) electrons. The van der Waals surface area contributed by atoms with Gasteiger partial charge in [-0.15, -0.1) is 0 Å². The van der Waals surface area contributed by atoms with Crippen molar-refractivity contribution >= 4 is 23.7 Å². The topological polar surface area (TPSA) is 79.0 Å². The van der Waals surface area contributed by atoms with Crippen molar-refractivity contribution < 1.29 is 23.5 Å². The maximum absolute atomic E-state index is 14.3. The minimum Gasteiger partial charge on any atom is -0.444 e. The number of ether oxygens (including phenoxy) is 1. The summed E-state index contributed by atoms with van der Waals surface area (Å²) in [4.78, 5) is 38.5. The standard InChI is InChI=1S/C20H26FN3O4/c1-20(2,3)28-19(27)23-9-6-13(7-10-23)14-4-5-15(21)16(12-14)24-11-8-17(25)22-18(24)26/h4-5,12-13H,6-11H2,1-3H3,(H,22,25,26). The van der Waals surface area contributed by atoms with E-state index in [4.69, 9.17) is 4.74 Å². The van der Waals surface area contributed by atoms with E-state index in [0.717, 1.165) is 18.4 Å². The van der Waals surface area contributed by atoms with Gasteiger partial charge in [0.15, 0.2) is 0 Å². The van der Waals surface area contributed by atoms with Crippen LogP contribution in [0.1, 0.15) is 51.5 Å². The van der Waals surface area contributed by atoms with Crippen LogP contribution < -0.4 is 10.2 Å². The zero-order chi connectivity index (χ0) is 20.5. The Balaban J connectivity index is 1.68. The molecule has 7 nitrogen and oxygen atoms in total. The van der Waals surface area contributed by atoms with Crippen molar-refractivity contribution in [3.63, 3.8) is 0 Å². The molecule has 0 aromatic heterocycles. The summed E-state index contributed by atoms with van der Waals surface area (Å²) >= 11 is 0. The van der Waals surface area contributed by atoms with Gasteiger partial charge in [0.05, 0.1) is 5.69 Å². The number of carbonyl (C=O) groups is 3. The highest BCUT2D eigenvalue weighted by Gasteiger charge is 2.30. The van der Waals surface area contributed by atoms with E-state index in [2.05, 4.69) is 5.32 Å². The van der Waals surface area contributed by atoms with Gasteiger partial charge in [0, 0.05) is 26.1 Å². The minimum atomic E-state index is -0.605. The Bertz CT molecular complexity index is 782. The van der Waals surface area contributed by atoms with Crippen LogP contribution >= 0.6 is 0 Å². The van der Waals surface area contributed by atoms with Crippen LogP contribution in [0.2, 0.25) is 0 Å². The van der Waals surface area contributed by atoms with E-state index >= 15 is 0 Å². The van der Waals surface area contributed by atoms with Gasteiger partial charge in [-0.3, -0.25) is 15.0 Å². The molecule has 0 spiro atoms. The zero-order valence-corrected chi connectivity index (χ0v) is 16.5. The molecule has 0 aliphatic carbocycles. The molecule has 0 unspecified atom stereocenters. The molecule has 0 bridgehead atoms. The van der Waals surface area contributed by atoms with E-state index in [1.54, 1.807) is 17.0 Å². The Hall–Kier alpha value is -2.64. The number of halogens is 1. The fourth-order valence-electron chi connectivity index (χ4n) is 3.51. The number of likely N-dealkylation sites (tertiary alicyclic amines) is 1. The number of benzene rings is 1. The molecular weight excluding hydrogens is 365 g/mol. The average molecular weight is 391 g/mol. The predicted molar refractivity (Wildman–Crippen MR) is 102 cm³/mol. The van der Waals surface area contributed by atoms with E-state index in [0.29, 0.717) is 13.1 Å². The summed E-state index contributed by atoms with van der Waals surface area (Å²) in [6.07, 6.45) is 1.29. The molecule has 0 saturated carbocycles. The molecule has 3 rings (SSSR count). The summed E-state index contributed by atoms with van der Waals surface area (Å²) in [5.41, 5.74) is 0.568. The molecular formula is C20H26FN3O4.